The lowest BCUT2D eigenvalue weighted by Gasteiger charge is -2.38. The number of carbonyl (C=O) groups is 2. The van der Waals surface area contributed by atoms with Gasteiger partial charge in [0.2, 0.25) is 11.9 Å². The molecule has 0 fully saturated rings. The summed E-state index contributed by atoms with van der Waals surface area (Å²) in [4.78, 5) is 33.1. The van der Waals surface area contributed by atoms with Crippen LogP contribution in [0.4, 0.5) is 5.95 Å². The Bertz CT molecular complexity index is 1160. The molecular formula is C24H27N3O5. The minimum Gasteiger partial charge on any atom is -0.504 e. The van der Waals surface area contributed by atoms with E-state index >= 15 is 0 Å². The van der Waals surface area contributed by atoms with Gasteiger partial charge in [-0.05, 0) is 43.2 Å². The van der Waals surface area contributed by atoms with Crippen LogP contribution in [0.3, 0.4) is 0 Å². The van der Waals surface area contributed by atoms with E-state index in [0.29, 0.717) is 18.1 Å². The number of carbonyl (C=O) groups excluding carboxylic acids is 2. The van der Waals surface area contributed by atoms with Crippen LogP contribution in [0.5, 0.6) is 11.5 Å². The Kier molecular flexibility index (Phi) is 6.03. The molecule has 2 aromatic carbocycles. The van der Waals surface area contributed by atoms with Gasteiger partial charge in [-0.2, -0.15) is 0 Å². The van der Waals surface area contributed by atoms with E-state index in [2.05, 4.69) is 0 Å². The Hall–Kier alpha value is -3.55. The van der Waals surface area contributed by atoms with Crippen LogP contribution in [0.1, 0.15) is 38.3 Å². The molecule has 0 bridgehead atoms. The number of amides is 1. The van der Waals surface area contributed by atoms with Crippen LogP contribution in [0.15, 0.2) is 42.5 Å². The van der Waals surface area contributed by atoms with Crippen molar-refractivity contribution in [1.82, 2.24) is 9.55 Å². The molecule has 1 aliphatic rings. The van der Waals surface area contributed by atoms with Gasteiger partial charge in [0, 0.05) is 6.54 Å². The molecular weight excluding hydrogens is 410 g/mol. The number of hydrogen-bond acceptors (Lipinski definition) is 6. The van der Waals surface area contributed by atoms with Crippen LogP contribution in [0, 0.1) is 5.92 Å². The highest BCUT2D eigenvalue weighted by molar-refractivity contribution is 6.08. The molecule has 0 saturated carbocycles. The Morgan fingerprint density at radius 2 is 1.97 bits per heavy atom. The molecule has 0 aliphatic carbocycles. The molecule has 8 nitrogen and oxygen atoms in total. The topological polar surface area (TPSA) is 93.9 Å². The monoisotopic (exact) mass is 437 g/mol. The molecule has 8 heteroatoms. The number of phenols is 1. The first-order valence-corrected chi connectivity index (χ1v) is 10.8. The summed E-state index contributed by atoms with van der Waals surface area (Å²) in [6, 6.07) is 11.8. The van der Waals surface area contributed by atoms with Crippen molar-refractivity contribution in [2.24, 2.45) is 5.92 Å². The molecule has 1 amide bonds. The maximum atomic E-state index is 13.7. The smallest absolute Gasteiger partial charge is 0.321 e. The second kappa shape index (κ2) is 8.90. The number of aromatic nitrogens is 2. The maximum absolute atomic E-state index is 13.7. The molecule has 1 aromatic heterocycles. The number of benzene rings is 2. The van der Waals surface area contributed by atoms with Crippen LogP contribution in [0.2, 0.25) is 0 Å². The van der Waals surface area contributed by atoms with Crippen molar-refractivity contribution in [2.75, 3.05) is 25.2 Å². The summed E-state index contributed by atoms with van der Waals surface area (Å²) < 4.78 is 12.6. The zero-order chi connectivity index (χ0) is 22.8. The second-order valence-electron chi connectivity index (χ2n) is 7.72. The van der Waals surface area contributed by atoms with Crippen LogP contribution in [-0.4, -0.2) is 46.8 Å². The van der Waals surface area contributed by atoms with Crippen LogP contribution < -0.4 is 9.64 Å². The van der Waals surface area contributed by atoms with Gasteiger partial charge in [-0.25, -0.2) is 4.98 Å². The first-order valence-electron chi connectivity index (χ1n) is 10.8. The zero-order valence-electron chi connectivity index (χ0n) is 18.4. The maximum Gasteiger partial charge on any atom is 0.321 e. The number of anilines is 1. The van der Waals surface area contributed by atoms with E-state index in [1.807, 2.05) is 35.8 Å². The molecule has 0 unspecified atom stereocenters. The average Bonchev–Trinajstić information content (AvgIpc) is 3.17. The van der Waals surface area contributed by atoms with Crippen molar-refractivity contribution < 1.29 is 24.2 Å². The first kappa shape index (κ1) is 21.7. The Labute approximate surface area is 186 Å². The lowest BCUT2D eigenvalue weighted by molar-refractivity contribution is -0.153. The summed E-state index contributed by atoms with van der Waals surface area (Å²) in [5.41, 5.74) is 2.19. The second-order valence-corrected chi connectivity index (χ2v) is 7.72. The molecule has 3 aromatic rings. The van der Waals surface area contributed by atoms with Gasteiger partial charge in [-0.3, -0.25) is 14.5 Å². The molecule has 2 heterocycles. The van der Waals surface area contributed by atoms with Crippen LogP contribution >= 0.6 is 0 Å². The molecule has 32 heavy (non-hydrogen) atoms. The minimum atomic E-state index is -1.09. The lowest BCUT2D eigenvalue weighted by Crippen LogP contribution is -2.50. The van der Waals surface area contributed by atoms with E-state index < -0.39 is 17.9 Å². The summed E-state index contributed by atoms with van der Waals surface area (Å²) in [6.45, 7) is 4.39. The summed E-state index contributed by atoms with van der Waals surface area (Å²) >= 11 is 0. The average molecular weight is 437 g/mol. The van der Waals surface area contributed by atoms with E-state index in [1.54, 1.807) is 24.0 Å². The largest absolute Gasteiger partial charge is 0.504 e. The number of nitrogens with zero attached hydrogens (tertiary/aromatic N) is 3. The van der Waals surface area contributed by atoms with Crippen molar-refractivity contribution in [3.05, 3.63) is 48.0 Å². The number of ether oxygens (including phenoxy) is 2. The fraction of sp³-hybridized carbons (Fsp3) is 0.375. The molecule has 0 radical (unpaired) electrons. The number of rotatable bonds is 7. The first-order chi connectivity index (χ1) is 15.5. The molecule has 2 atom stereocenters. The highest BCUT2D eigenvalue weighted by Crippen LogP contribution is 2.43. The van der Waals surface area contributed by atoms with Crippen molar-refractivity contribution >= 4 is 28.9 Å². The highest BCUT2D eigenvalue weighted by Gasteiger charge is 2.47. The van der Waals surface area contributed by atoms with Gasteiger partial charge in [0.25, 0.3) is 0 Å². The van der Waals surface area contributed by atoms with Crippen LogP contribution in [-0.2, 0) is 14.3 Å². The SMILES string of the molecule is CCCCN1C(=O)[C@H](C(=O)OCC)[C@@H](c2ccc(O)c(OC)c2)n2c1nc1ccccc12. The normalized spacial score (nSPS) is 18.0. The van der Waals surface area contributed by atoms with Crippen molar-refractivity contribution in [2.45, 2.75) is 32.7 Å². The predicted molar refractivity (Wildman–Crippen MR) is 120 cm³/mol. The predicted octanol–water partition coefficient (Wildman–Crippen LogP) is 3.67. The van der Waals surface area contributed by atoms with E-state index in [9.17, 15) is 14.7 Å². The van der Waals surface area contributed by atoms with Gasteiger partial charge in [0.15, 0.2) is 17.4 Å². The van der Waals surface area contributed by atoms with Gasteiger partial charge in [0.05, 0.1) is 30.8 Å². The lowest BCUT2D eigenvalue weighted by atomic mass is 9.89. The molecule has 4 rings (SSSR count). The number of phenolic OH excluding ortho intramolecular Hbond substituents is 1. The number of fused-ring (bicyclic) bond motifs is 3. The number of aromatic hydroxyl groups is 1. The van der Waals surface area contributed by atoms with Crippen molar-refractivity contribution in [3.63, 3.8) is 0 Å². The molecule has 168 valence electrons. The van der Waals surface area contributed by atoms with Gasteiger partial charge < -0.3 is 19.1 Å². The number of esters is 1. The zero-order valence-corrected chi connectivity index (χ0v) is 18.4. The van der Waals surface area contributed by atoms with Gasteiger partial charge in [-0.1, -0.05) is 31.5 Å². The van der Waals surface area contributed by atoms with Crippen molar-refractivity contribution in [3.8, 4) is 11.5 Å². The van der Waals surface area contributed by atoms with E-state index in [1.165, 1.54) is 13.2 Å². The van der Waals surface area contributed by atoms with E-state index in [4.69, 9.17) is 14.5 Å². The third-order valence-corrected chi connectivity index (χ3v) is 5.77. The third-order valence-electron chi connectivity index (χ3n) is 5.77. The minimum absolute atomic E-state index is 0.0219. The molecule has 0 spiro atoms. The Morgan fingerprint density at radius 1 is 1.19 bits per heavy atom. The van der Waals surface area contributed by atoms with Gasteiger partial charge in [0.1, 0.15) is 0 Å². The molecule has 0 saturated heterocycles. The van der Waals surface area contributed by atoms with Crippen LogP contribution in [0.25, 0.3) is 11.0 Å². The standard InChI is InChI=1S/C24H27N3O5/c1-4-6-13-26-22(29)20(23(30)32-5-2)21(15-11-12-18(28)19(14-15)31-3)27-17-10-8-7-9-16(17)25-24(26)27/h7-12,14,20-21,28H,4-6,13H2,1-3H3/t20-,21-/m1/s1. The number of imidazole rings is 1. The Morgan fingerprint density at radius 3 is 2.69 bits per heavy atom. The number of methoxy groups -OCH3 is 1. The third kappa shape index (κ3) is 3.55. The molecule has 1 aliphatic heterocycles. The number of hydrogen-bond donors (Lipinski definition) is 1. The van der Waals surface area contributed by atoms with Crippen molar-refractivity contribution in [1.29, 1.82) is 0 Å². The molecule has 1 N–H and O–H groups in total. The summed E-state index contributed by atoms with van der Waals surface area (Å²) in [5, 5.41) is 10.1. The highest BCUT2D eigenvalue weighted by atomic mass is 16.5. The van der Waals surface area contributed by atoms with Gasteiger partial charge in [-0.15, -0.1) is 0 Å². The quantitative estimate of drug-likeness (QED) is 0.448. The van der Waals surface area contributed by atoms with Gasteiger partial charge >= 0.3 is 5.97 Å². The number of para-hydroxylation sites is 2. The summed E-state index contributed by atoms with van der Waals surface area (Å²) in [6.07, 6.45) is 1.68. The fourth-order valence-electron chi connectivity index (χ4n) is 4.25. The summed E-state index contributed by atoms with van der Waals surface area (Å²) in [5.74, 6) is -1.27. The summed E-state index contributed by atoms with van der Waals surface area (Å²) in [7, 11) is 1.46. The number of unbranched alkanes of at least 4 members (excludes halogenated alkanes) is 1. The Balaban J connectivity index is 1.99. The fourth-order valence-corrected chi connectivity index (χ4v) is 4.25. The van der Waals surface area contributed by atoms with E-state index in [0.717, 1.165) is 23.9 Å². The van der Waals surface area contributed by atoms with E-state index in [-0.39, 0.29) is 24.0 Å².